The lowest BCUT2D eigenvalue weighted by atomic mass is 10.0. The maximum Gasteiger partial charge on any atom is 0.203 e. The van der Waals surface area contributed by atoms with Gasteiger partial charge in [-0.05, 0) is 35.9 Å². The van der Waals surface area contributed by atoms with Crippen LogP contribution in [-0.2, 0) is 7.05 Å². The number of aryl methyl sites for hydroxylation is 1. The van der Waals surface area contributed by atoms with Crippen molar-refractivity contribution < 1.29 is 24.1 Å². The van der Waals surface area contributed by atoms with Crippen LogP contribution < -0.4 is 18.9 Å². The van der Waals surface area contributed by atoms with Crippen molar-refractivity contribution in [3.63, 3.8) is 0 Å². The number of methoxy groups -OCH3 is 4. The fourth-order valence-electron chi connectivity index (χ4n) is 2.99. The average molecular weight is 370 g/mol. The van der Waals surface area contributed by atoms with Gasteiger partial charge < -0.3 is 24.1 Å². The third-order valence-electron chi connectivity index (χ3n) is 4.26. The van der Waals surface area contributed by atoms with Gasteiger partial charge in [0.1, 0.15) is 5.69 Å². The summed E-state index contributed by atoms with van der Waals surface area (Å²) in [4.78, 5) is 0. The van der Waals surface area contributed by atoms with E-state index in [1.165, 1.54) is 7.11 Å². The van der Waals surface area contributed by atoms with Crippen molar-refractivity contribution in [2.24, 2.45) is 7.05 Å². The monoisotopic (exact) mass is 370 g/mol. The van der Waals surface area contributed by atoms with E-state index in [-0.39, 0.29) is 5.75 Å². The Morgan fingerprint density at radius 1 is 0.815 bits per heavy atom. The van der Waals surface area contributed by atoms with Gasteiger partial charge in [0, 0.05) is 24.4 Å². The number of hydrogen-bond acceptors (Lipinski definition) is 6. The number of hydrogen-bond donors (Lipinski definition) is 1. The molecule has 0 aliphatic heterocycles. The van der Waals surface area contributed by atoms with E-state index >= 15 is 0 Å². The van der Waals surface area contributed by atoms with Crippen LogP contribution >= 0.6 is 0 Å². The molecule has 0 aliphatic rings. The first-order chi connectivity index (χ1) is 13.0. The summed E-state index contributed by atoms with van der Waals surface area (Å²) in [5, 5.41) is 14.7. The Labute approximate surface area is 157 Å². The molecular weight excluding hydrogens is 348 g/mol. The smallest absolute Gasteiger partial charge is 0.203 e. The molecule has 0 unspecified atom stereocenters. The second kappa shape index (κ2) is 7.49. The molecule has 0 atom stereocenters. The van der Waals surface area contributed by atoms with Crippen molar-refractivity contribution in [1.29, 1.82) is 0 Å². The molecule has 3 aromatic rings. The molecule has 7 nitrogen and oxygen atoms in total. The van der Waals surface area contributed by atoms with Crippen molar-refractivity contribution in [3.05, 3.63) is 36.5 Å². The second-order valence-corrected chi connectivity index (χ2v) is 5.87. The van der Waals surface area contributed by atoms with E-state index in [4.69, 9.17) is 18.9 Å². The first kappa shape index (κ1) is 18.4. The highest BCUT2D eigenvalue weighted by Gasteiger charge is 2.19. The van der Waals surface area contributed by atoms with E-state index in [0.29, 0.717) is 28.7 Å². The molecule has 0 spiro atoms. The lowest BCUT2D eigenvalue weighted by molar-refractivity contribution is 0.324. The van der Waals surface area contributed by atoms with Crippen molar-refractivity contribution >= 4 is 0 Å². The number of aromatic hydroxyl groups is 1. The van der Waals surface area contributed by atoms with Gasteiger partial charge >= 0.3 is 0 Å². The lowest BCUT2D eigenvalue weighted by Gasteiger charge is -2.14. The number of phenols is 1. The molecule has 0 amide bonds. The van der Waals surface area contributed by atoms with Gasteiger partial charge in [0.25, 0.3) is 0 Å². The van der Waals surface area contributed by atoms with Crippen molar-refractivity contribution in [2.45, 2.75) is 0 Å². The Kier molecular flexibility index (Phi) is 5.12. The number of ether oxygens (including phenoxy) is 4. The summed E-state index contributed by atoms with van der Waals surface area (Å²) in [5.74, 6) is 2.09. The summed E-state index contributed by atoms with van der Waals surface area (Å²) in [5.41, 5.74) is 3.19. The Bertz CT molecular complexity index is 940. The average Bonchev–Trinajstić information content (AvgIpc) is 3.08. The zero-order valence-corrected chi connectivity index (χ0v) is 15.9. The van der Waals surface area contributed by atoms with Crippen LogP contribution in [0.15, 0.2) is 36.5 Å². The minimum Gasteiger partial charge on any atom is -0.504 e. The lowest BCUT2D eigenvalue weighted by Crippen LogP contribution is -1.96. The molecule has 0 saturated heterocycles. The van der Waals surface area contributed by atoms with Crippen LogP contribution in [-0.4, -0.2) is 43.3 Å². The topological polar surface area (TPSA) is 75.0 Å². The van der Waals surface area contributed by atoms with Crippen LogP contribution in [0.2, 0.25) is 0 Å². The molecule has 27 heavy (non-hydrogen) atoms. The van der Waals surface area contributed by atoms with Crippen LogP contribution in [0, 0.1) is 0 Å². The van der Waals surface area contributed by atoms with Crippen LogP contribution in [0.4, 0.5) is 0 Å². The van der Waals surface area contributed by atoms with Crippen LogP contribution in [0.25, 0.3) is 22.4 Å². The molecule has 1 N–H and O–H groups in total. The third-order valence-corrected chi connectivity index (χ3v) is 4.26. The predicted octanol–water partition coefficient (Wildman–Crippen LogP) is 3.49. The summed E-state index contributed by atoms with van der Waals surface area (Å²) in [6.07, 6.45) is 1.90. The van der Waals surface area contributed by atoms with Crippen molar-refractivity contribution in [3.8, 4) is 51.1 Å². The van der Waals surface area contributed by atoms with E-state index in [0.717, 1.165) is 16.7 Å². The molecule has 7 heteroatoms. The summed E-state index contributed by atoms with van der Waals surface area (Å²) in [6.45, 7) is 0. The highest BCUT2D eigenvalue weighted by atomic mass is 16.5. The Morgan fingerprint density at radius 2 is 1.44 bits per heavy atom. The fraction of sp³-hybridized carbons (Fsp3) is 0.250. The maximum atomic E-state index is 10.1. The van der Waals surface area contributed by atoms with E-state index < -0.39 is 0 Å². The van der Waals surface area contributed by atoms with E-state index in [2.05, 4.69) is 5.10 Å². The van der Waals surface area contributed by atoms with Gasteiger partial charge in [0.05, 0.1) is 28.4 Å². The molecule has 142 valence electrons. The SMILES string of the molecule is COc1ccc(-c2nn(C)cc2-c2cc(OC)c(OC)c(OC)c2)cc1O. The molecule has 1 heterocycles. The normalized spacial score (nSPS) is 10.6. The predicted molar refractivity (Wildman–Crippen MR) is 102 cm³/mol. The van der Waals surface area contributed by atoms with Gasteiger partial charge in [-0.3, -0.25) is 4.68 Å². The molecule has 0 fully saturated rings. The van der Waals surface area contributed by atoms with Crippen molar-refractivity contribution in [2.75, 3.05) is 28.4 Å². The Balaban J connectivity index is 2.18. The van der Waals surface area contributed by atoms with Gasteiger partial charge in [-0.15, -0.1) is 0 Å². The van der Waals surface area contributed by atoms with E-state index in [9.17, 15) is 5.11 Å². The highest BCUT2D eigenvalue weighted by Crippen LogP contribution is 2.43. The molecule has 1 aromatic heterocycles. The maximum absolute atomic E-state index is 10.1. The minimum absolute atomic E-state index is 0.0523. The Morgan fingerprint density at radius 3 is 1.96 bits per heavy atom. The van der Waals surface area contributed by atoms with E-state index in [1.807, 2.05) is 31.4 Å². The molecule has 0 saturated carbocycles. The van der Waals surface area contributed by atoms with Gasteiger partial charge in [-0.1, -0.05) is 0 Å². The standard InChI is InChI=1S/C20H22N2O5/c1-22-11-14(13-9-17(25-3)20(27-5)18(10-13)26-4)19(21-22)12-6-7-16(24-2)15(23)8-12/h6-11,23H,1-5H3. The van der Waals surface area contributed by atoms with Crippen LogP contribution in [0.3, 0.4) is 0 Å². The fourth-order valence-corrected chi connectivity index (χ4v) is 2.99. The first-order valence-corrected chi connectivity index (χ1v) is 8.23. The van der Waals surface area contributed by atoms with Crippen LogP contribution in [0.5, 0.6) is 28.7 Å². The zero-order valence-electron chi connectivity index (χ0n) is 15.9. The highest BCUT2D eigenvalue weighted by molar-refractivity contribution is 5.83. The minimum atomic E-state index is 0.0523. The number of aromatic nitrogens is 2. The largest absolute Gasteiger partial charge is 0.504 e. The molecule has 2 aromatic carbocycles. The second-order valence-electron chi connectivity index (χ2n) is 5.87. The molecule has 0 aliphatic carbocycles. The molecule has 0 bridgehead atoms. The van der Waals surface area contributed by atoms with Crippen LogP contribution in [0.1, 0.15) is 0 Å². The number of rotatable bonds is 6. The number of nitrogens with zero attached hydrogens (tertiary/aromatic N) is 2. The van der Waals surface area contributed by atoms with Gasteiger partial charge in [-0.2, -0.15) is 5.10 Å². The van der Waals surface area contributed by atoms with Gasteiger partial charge in [0.2, 0.25) is 5.75 Å². The molecular formula is C20H22N2O5. The van der Waals surface area contributed by atoms with Gasteiger partial charge in [-0.25, -0.2) is 0 Å². The summed E-state index contributed by atoms with van der Waals surface area (Å²) >= 11 is 0. The summed E-state index contributed by atoms with van der Waals surface area (Å²) in [7, 11) is 8.07. The molecule has 3 rings (SSSR count). The number of phenolic OH excluding ortho intramolecular Hbond substituents is 1. The number of benzene rings is 2. The molecule has 0 radical (unpaired) electrons. The zero-order chi connectivity index (χ0) is 19.6. The van der Waals surface area contributed by atoms with E-state index in [1.54, 1.807) is 38.1 Å². The third kappa shape index (κ3) is 3.36. The summed E-state index contributed by atoms with van der Waals surface area (Å²) in [6, 6.07) is 8.92. The Hall–Kier alpha value is -3.35. The van der Waals surface area contributed by atoms with Gasteiger partial charge in [0.15, 0.2) is 23.0 Å². The summed E-state index contributed by atoms with van der Waals surface area (Å²) < 4.78 is 23.1. The first-order valence-electron chi connectivity index (χ1n) is 8.23. The quantitative estimate of drug-likeness (QED) is 0.716. The van der Waals surface area contributed by atoms with Crippen molar-refractivity contribution in [1.82, 2.24) is 9.78 Å².